The van der Waals surface area contributed by atoms with Crippen LogP contribution in [0.15, 0.2) is 71.1 Å². The summed E-state index contributed by atoms with van der Waals surface area (Å²) in [5, 5.41) is 0. The fourth-order valence-electron chi connectivity index (χ4n) is 3.39. The first-order valence-electron chi connectivity index (χ1n) is 10.2. The third-order valence-electron chi connectivity index (χ3n) is 4.93. The molecule has 0 aliphatic heterocycles. The molecule has 6 nitrogen and oxygen atoms in total. The minimum atomic E-state index is -0.260. The molecule has 0 atom stereocenters. The number of nitrogens with zero attached hydrogens (tertiary/aromatic N) is 1. The van der Waals surface area contributed by atoms with Gasteiger partial charge >= 0.3 is 0 Å². The molecule has 0 saturated heterocycles. The van der Waals surface area contributed by atoms with Crippen molar-refractivity contribution < 1.29 is 23.4 Å². The maximum absolute atomic E-state index is 13.7. The number of carbonyl (C=O) groups is 1. The predicted octanol–water partition coefficient (Wildman–Crippen LogP) is 5.67. The molecule has 0 bridgehead atoms. The fraction of sp³-hybridized carbons (Fsp3) is 0.154. The van der Waals surface area contributed by atoms with E-state index in [2.05, 4.69) is 4.98 Å². The first kappa shape index (κ1) is 21.2. The van der Waals surface area contributed by atoms with E-state index < -0.39 is 0 Å². The number of para-hydroxylation sites is 3. The highest BCUT2D eigenvalue weighted by Gasteiger charge is 2.22. The molecule has 0 aliphatic rings. The van der Waals surface area contributed by atoms with Crippen LogP contribution < -0.4 is 14.2 Å². The van der Waals surface area contributed by atoms with Gasteiger partial charge in [-0.3, -0.25) is 4.79 Å². The number of fused-ring (bicyclic) bond motifs is 1. The molecule has 1 aromatic heterocycles. The van der Waals surface area contributed by atoms with Gasteiger partial charge in [0, 0.05) is 11.1 Å². The van der Waals surface area contributed by atoms with Crippen molar-refractivity contribution in [2.24, 2.45) is 0 Å². The second kappa shape index (κ2) is 9.39. The van der Waals surface area contributed by atoms with Crippen LogP contribution >= 0.6 is 0 Å². The van der Waals surface area contributed by atoms with Gasteiger partial charge in [-0.15, -0.1) is 0 Å². The number of ketones is 1. The molecule has 4 aromatic rings. The van der Waals surface area contributed by atoms with Crippen molar-refractivity contribution in [3.05, 3.63) is 83.7 Å². The lowest BCUT2D eigenvalue weighted by Gasteiger charge is -2.11. The monoisotopic (exact) mass is 429 g/mol. The standard InChI is InChI=1S/C26H23NO5/c1-4-31-21-11-7-5-9-17(21)15-19(26-27-20-10-6-8-12-22(20)32-26)25(28)18-13-14-23(29-2)24(16-18)30-3/h5-16H,4H2,1-3H3/b19-15-. The Kier molecular flexibility index (Phi) is 6.22. The zero-order valence-corrected chi connectivity index (χ0v) is 18.1. The summed E-state index contributed by atoms with van der Waals surface area (Å²) >= 11 is 0. The number of hydrogen-bond acceptors (Lipinski definition) is 6. The van der Waals surface area contributed by atoms with Crippen molar-refractivity contribution in [3.63, 3.8) is 0 Å². The summed E-state index contributed by atoms with van der Waals surface area (Å²) in [6.07, 6.45) is 1.74. The summed E-state index contributed by atoms with van der Waals surface area (Å²) in [6.45, 7) is 2.42. The van der Waals surface area contributed by atoms with E-state index in [1.165, 1.54) is 7.11 Å². The van der Waals surface area contributed by atoms with Gasteiger partial charge in [0.1, 0.15) is 11.3 Å². The van der Waals surface area contributed by atoms with Crippen LogP contribution in [0, 0.1) is 0 Å². The van der Waals surface area contributed by atoms with Crippen LogP contribution in [0.4, 0.5) is 0 Å². The molecule has 4 rings (SSSR count). The SMILES string of the molecule is CCOc1ccccc1/C=C(/C(=O)c1ccc(OC)c(OC)c1)c1nc2ccccc2o1. The molecule has 32 heavy (non-hydrogen) atoms. The number of aromatic nitrogens is 1. The van der Waals surface area contributed by atoms with E-state index in [1.807, 2.05) is 55.5 Å². The predicted molar refractivity (Wildman–Crippen MR) is 123 cm³/mol. The molecule has 0 saturated carbocycles. The molecule has 0 spiro atoms. The van der Waals surface area contributed by atoms with Gasteiger partial charge in [0.25, 0.3) is 0 Å². The minimum absolute atomic E-state index is 0.234. The summed E-state index contributed by atoms with van der Waals surface area (Å²) in [5.41, 5.74) is 2.75. The van der Waals surface area contributed by atoms with E-state index in [9.17, 15) is 4.79 Å². The second-order valence-corrected chi connectivity index (χ2v) is 6.91. The van der Waals surface area contributed by atoms with Gasteiger partial charge in [-0.1, -0.05) is 30.3 Å². The lowest BCUT2D eigenvalue weighted by molar-refractivity contribution is 0.105. The lowest BCUT2D eigenvalue weighted by atomic mass is 10.00. The Balaban J connectivity index is 1.87. The van der Waals surface area contributed by atoms with Gasteiger partial charge in [-0.25, -0.2) is 4.98 Å². The number of Topliss-reactive ketones (excluding diaryl/α,β-unsaturated/α-hetero) is 1. The topological polar surface area (TPSA) is 70.8 Å². The average molecular weight is 429 g/mol. The summed E-state index contributed by atoms with van der Waals surface area (Å²) < 4.78 is 22.4. The molecule has 0 unspecified atom stereocenters. The van der Waals surface area contributed by atoms with Crippen LogP contribution in [-0.4, -0.2) is 31.6 Å². The molecule has 0 amide bonds. The largest absolute Gasteiger partial charge is 0.493 e. The van der Waals surface area contributed by atoms with Crippen molar-refractivity contribution in [2.45, 2.75) is 6.92 Å². The highest BCUT2D eigenvalue weighted by molar-refractivity contribution is 6.31. The van der Waals surface area contributed by atoms with Gasteiger partial charge in [0.05, 0.1) is 26.4 Å². The molecule has 0 N–H and O–H groups in total. The number of ether oxygens (including phenoxy) is 3. The number of benzene rings is 3. The zero-order valence-electron chi connectivity index (χ0n) is 18.1. The van der Waals surface area contributed by atoms with Crippen molar-refractivity contribution in [1.29, 1.82) is 0 Å². The Morgan fingerprint density at radius 1 is 0.938 bits per heavy atom. The number of allylic oxidation sites excluding steroid dienone is 1. The summed E-state index contributed by atoms with van der Waals surface area (Å²) in [7, 11) is 3.08. The van der Waals surface area contributed by atoms with Crippen LogP contribution in [0.3, 0.4) is 0 Å². The van der Waals surface area contributed by atoms with E-state index >= 15 is 0 Å². The first-order chi connectivity index (χ1) is 15.6. The van der Waals surface area contributed by atoms with Crippen LogP contribution in [0.1, 0.15) is 28.7 Å². The summed E-state index contributed by atoms with van der Waals surface area (Å²) in [6, 6.07) is 19.9. The maximum Gasteiger partial charge on any atom is 0.231 e. The Hall–Kier alpha value is -4.06. The van der Waals surface area contributed by atoms with Crippen molar-refractivity contribution >= 4 is 28.5 Å². The van der Waals surface area contributed by atoms with Crippen LogP contribution in [0.5, 0.6) is 17.2 Å². The quantitative estimate of drug-likeness (QED) is 0.266. The Labute approximate surface area is 186 Å². The van der Waals surface area contributed by atoms with Crippen molar-refractivity contribution in [2.75, 3.05) is 20.8 Å². The first-order valence-corrected chi connectivity index (χ1v) is 10.2. The van der Waals surface area contributed by atoms with E-state index in [1.54, 1.807) is 31.4 Å². The second-order valence-electron chi connectivity index (χ2n) is 6.91. The zero-order chi connectivity index (χ0) is 22.5. The molecule has 3 aromatic carbocycles. The van der Waals surface area contributed by atoms with E-state index in [0.717, 1.165) is 5.56 Å². The molecule has 162 valence electrons. The van der Waals surface area contributed by atoms with E-state index in [4.69, 9.17) is 18.6 Å². The molecule has 0 fully saturated rings. The van der Waals surface area contributed by atoms with Crippen LogP contribution in [-0.2, 0) is 0 Å². The normalized spacial score (nSPS) is 11.4. The average Bonchev–Trinajstić information content (AvgIpc) is 3.26. The van der Waals surface area contributed by atoms with Crippen LogP contribution in [0.2, 0.25) is 0 Å². The van der Waals surface area contributed by atoms with Gasteiger partial charge in [-0.2, -0.15) is 0 Å². The molecule has 1 heterocycles. The van der Waals surface area contributed by atoms with E-state index in [0.29, 0.717) is 46.1 Å². The minimum Gasteiger partial charge on any atom is -0.493 e. The van der Waals surface area contributed by atoms with Gasteiger partial charge < -0.3 is 18.6 Å². The molecule has 0 radical (unpaired) electrons. The number of carbonyl (C=O) groups excluding carboxylic acids is 1. The fourth-order valence-corrected chi connectivity index (χ4v) is 3.39. The number of rotatable bonds is 8. The highest BCUT2D eigenvalue weighted by atomic mass is 16.5. The van der Waals surface area contributed by atoms with Crippen LogP contribution in [0.25, 0.3) is 22.7 Å². The van der Waals surface area contributed by atoms with E-state index in [-0.39, 0.29) is 11.7 Å². The highest BCUT2D eigenvalue weighted by Crippen LogP contribution is 2.32. The Morgan fingerprint density at radius 3 is 2.44 bits per heavy atom. The van der Waals surface area contributed by atoms with Crippen molar-refractivity contribution in [1.82, 2.24) is 4.98 Å². The number of oxazole rings is 1. The molecule has 6 heteroatoms. The smallest absolute Gasteiger partial charge is 0.231 e. The Morgan fingerprint density at radius 2 is 1.69 bits per heavy atom. The number of methoxy groups -OCH3 is 2. The maximum atomic E-state index is 13.7. The van der Waals surface area contributed by atoms with Gasteiger partial charge in [0.15, 0.2) is 22.9 Å². The lowest BCUT2D eigenvalue weighted by Crippen LogP contribution is -2.05. The molecular formula is C26H23NO5. The Bertz CT molecular complexity index is 1260. The van der Waals surface area contributed by atoms with Gasteiger partial charge in [-0.05, 0) is 49.4 Å². The van der Waals surface area contributed by atoms with Gasteiger partial charge in [0.2, 0.25) is 5.89 Å². The molecule has 0 aliphatic carbocycles. The summed E-state index contributed by atoms with van der Waals surface area (Å²) in [4.78, 5) is 18.2. The number of hydrogen-bond donors (Lipinski definition) is 0. The van der Waals surface area contributed by atoms with Crippen molar-refractivity contribution in [3.8, 4) is 17.2 Å². The molecular weight excluding hydrogens is 406 g/mol. The third-order valence-corrected chi connectivity index (χ3v) is 4.93. The summed E-state index contributed by atoms with van der Waals surface area (Å²) in [5.74, 6) is 1.65. The third kappa shape index (κ3) is 4.21.